The topological polar surface area (TPSA) is 72.3 Å². The third kappa shape index (κ3) is 2.47. The Morgan fingerprint density at radius 3 is 2.37 bits per heavy atom. The molecule has 0 amide bonds. The predicted molar refractivity (Wildman–Crippen MR) is 70.1 cm³/mol. The van der Waals surface area contributed by atoms with E-state index in [0.29, 0.717) is 11.4 Å². The molecule has 0 aliphatic carbocycles. The predicted octanol–water partition coefficient (Wildman–Crippen LogP) is 2.31. The van der Waals surface area contributed by atoms with Crippen LogP contribution in [0.3, 0.4) is 0 Å². The summed E-state index contributed by atoms with van der Waals surface area (Å²) >= 11 is 0. The molecule has 19 heavy (non-hydrogen) atoms. The largest absolute Gasteiger partial charge is 0.481 e. The summed E-state index contributed by atoms with van der Waals surface area (Å²) in [6.07, 6.45) is 1.91. The Labute approximate surface area is 113 Å². The molecule has 0 saturated carbocycles. The fourth-order valence-electron chi connectivity index (χ4n) is 2.67. The molecule has 0 radical (unpaired) electrons. The van der Waals surface area contributed by atoms with Crippen molar-refractivity contribution in [2.75, 3.05) is 6.61 Å². The van der Waals surface area contributed by atoms with Crippen LogP contribution in [0.1, 0.15) is 55.4 Å². The van der Waals surface area contributed by atoms with Crippen molar-refractivity contribution in [3.63, 3.8) is 0 Å². The van der Waals surface area contributed by atoms with Crippen molar-refractivity contribution < 1.29 is 14.6 Å². The zero-order valence-electron chi connectivity index (χ0n) is 11.9. The molecule has 1 saturated heterocycles. The Morgan fingerprint density at radius 1 is 1.37 bits per heavy atom. The lowest BCUT2D eigenvalue weighted by Crippen LogP contribution is -2.25. The van der Waals surface area contributed by atoms with Crippen molar-refractivity contribution in [1.82, 2.24) is 9.97 Å². The maximum Gasteiger partial charge on any atom is 0.310 e. The molecule has 0 bridgehead atoms. The normalized spacial score (nSPS) is 24.4. The van der Waals surface area contributed by atoms with E-state index in [2.05, 4.69) is 9.97 Å². The minimum Gasteiger partial charge on any atom is -0.481 e. The molecule has 1 aromatic heterocycles. The molecule has 0 spiro atoms. The van der Waals surface area contributed by atoms with Gasteiger partial charge in [-0.25, -0.2) is 9.97 Å². The molecule has 1 fully saturated rings. The zero-order valence-corrected chi connectivity index (χ0v) is 11.9. The van der Waals surface area contributed by atoms with E-state index >= 15 is 0 Å². The van der Waals surface area contributed by atoms with Crippen LogP contribution in [0.15, 0.2) is 0 Å². The highest BCUT2D eigenvalue weighted by atomic mass is 16.5. The van der Waals surface area contributed by atoms with Crippen LogP contribution in [0, 0.1) is 13.8 Å². The van der Waals surface area contributed by atoms with Crippen molar-refractivity contribution in [2.45, 2.75) is 52.1 Å². The Hall–Kier alpha value is -1.49. The van der Waals surface area contributed by atoms with E-state index in [1.165, 1.54) is 0 Å². The number of aryl methyl sites for hydroxylation is 2. The minimum absolute atomic E-state index is 0.430. The van der Waals surface area contributed by atoms with Crippen molar-refractivity contribution >= 4 is 5.97 Å². The summed E-state index contributed by atoms with van der Waals surface area (Å²) in [5.74, 6) is -0.779. The van der Waals surface area contributed by atoms with E-state index in [1.807, 2.05) is 20.8 Å². The SMILES string of the molecule is Cc1nc(C2(C)CCCO2)nc(C)c1C(C)C(=O)O. The van der Waals surface area contributed by atoms with Gasteiger partial charge in [0.25, 0.3) is 0 Å². The molecular weight excluding hydrogens is 244 g/mol. The number of nitrogens with zero attached hydrogens (tertiary/aromatic N) is 2. The molecule has 5 heteroatoms. The first kappa shape index (κ1) is 13.9. The van der Waals surface area contributed by atoms with Crippen LogP contribution in [0.5, 0.6) is 0 Å². The fourth-order valence-corrected chi connectivity index (χ4v) is 2.67. The summed E-state index contributed by atoms with van der Waals surface area (Å²) in [7, 11) is 0. The smallest absolute Gasteiger partial charge is 0.310 e. The average Bonchev–Trinajstić information content (AvgIpc) is 2.76. The number of carboxylic acid groups (broad SMARTS) is 1. The molecule has 1 aliphatic rings. The van der Waals surface area contributed by atoms with Crippen molar-refractivity contribution in [3.05, 3.63) is 22.8 Å². The number of carboxylic acids is 1. The molecule has 104 valence electrons. The summed E-state index contributed by atoms with van der Waals surface area (Å²) < 4.78 is 5.74. The molecule has 1 aliphatic heterocycles. The standard InChI is InChI=1S/C14H20N2O3/c1-8(12(17)18)11-9(2)15-13(16-10(11)3)14(4)6-5-7-19-14/h8H,5-7H2,1-4H3,(H,17,18). The molecule has 2 heterocycles. The number of hydrogen-bond acceptors (Lipinski definition) is 4. The third-order valence-corrected chi connectivity index (χ3v) is 3.82. The maximum absolute atomic E-state index is 11.1. The molecular formula is C14H20N2O3. The summed E-state index contributed by atoms with van der Waals surface area (Å²) in [5, 5.41) is 9.14. The number of aliphatic carboxylic acids is 1. The van der Waals surface area contributed by atoms with Gasteiger partial charge in [0.05, 0.1) is 5.92 Å². The molecule has 2 rings (SSSR count). The Bertz CT molecular complexity index is 484. The van der Waals surface area contributed by atoms with E-state index in [4.69, 9.17) is 9.84 Å². The van der Waals surface area contributed by atoms with Gasteiger partial charge in [0, 0.05) is 23.6 Å². The first-order chi connectivity index (χ1) is 8.85. The second-order valence-electron chi connectivity index (χ2n) is 5.37. The highest BCUT2D eigenvalue weighted by molar-refractivity contribution is 5.76. The molecule has 2 unspecified atom stereocenters. The van der Waals surface area contributed by atoms with E-state index in [-0.39, 0.29) is 0 Å². The second-order valence-corrected chi connectivity index (χ2v) is 5.37. The van der Waals surface area contributed by atoms with Gasteiger partial charge in [-0.2, -0.15) is 0 Å². The number of rotatable bonds is 3. The average molecular weight is 264 g/mol. The first-order valence-corrected chi connectivity index (χ1v) is 6.57. The number of aromatic nitrogens is 2. The lowest BCUT2D eigenvalue weighted by Gasteiger charge is -2.23. The fraction of sp³-hybridized carbons (Fsp3) is 0.643. The zero-order chi connectivity index (χ0) is 14.2. The van der Waals surface area contributed by atoms with E-state index in [9.17, 15) is 4.79 Å². The van der Waals surface area contributed by atoms with E-state index < -0.39 is 17.5 Å². The summed E-state index contributed by atoms with van der Waals surface area (Å²) in [4.78, 5) is 20.1. The summed E-state index contributed by atoms with van der Waals surface area (Å²) in [6, 6.07) is 0. The van der Waals surface area contributed by atoms with Crippen molar-refractivity contribution in [3.8, 4) is 0 Å². The summed E-state index contributed by atoms with van der Waals surface area (Å²) in [5.41, 5.74) is 1.74. The molecule has 1 N–H and O–H groups in total. The number of hydrogen-bond donors (Lipinski definition) is 1. The van der Waals surface area contributed by atoms with Gasteiger partial charge < -0.3 is 9.84 Å². The van der Waals surface area contributed by atoms with E-state index in [0.717, 1.165) is 30.8 Å². The van der Waals surface area contributed by atoms with Crippen LogP contribution in [0.4, 0.5) is 0 Å². The van der Waals surface area contributed by atoms with Gasteiger partial charge in [-0.3, -0.25) is 4.79 Å². The summed E-state index contributed by atoms with van der Waals surface area (Å²) in [6.45, 7) is 8.06. The van der Waals surface area contributed by atoms with Gasteiger partial charge in [-0.1, -0.05) is 0 Å². The van der Waals surface area contributed by atoms with Crippen molar-refractivity contribution in [2.24, 2.45) is 0 Å². The van der Waals surface area contributed by atoms with Crippen LogP contribution in [-0.2, 0) is 15.1 Å². The number of carbonyl (C=O) groups is 1. The highest BCUT2D eigenvalue weighted by Gasteiger charge is 2.36. The first-order valence-electron chi connectivity index (χ1n) is 6.57. The molecule has 0 aromatic carbocycles. The van der Waals surface area contributed by atoms with Gasteiger partial charge in [0.15, 0.2) is 5.82 Å². The highest BCUT2D eigenvalue weighted by Crippen LogP contribution is 2.34. The maximum atomic E-state index is 11.1. The molecule has 1 aromatic rings. The minimum atomic E-state index is -0.856. The quantitative estimate of drug-likeness (QED) is 0.907. The van der Waals surface area contributed by atoms with Gasteiger partial charge in [0.1, 0.15) is 5.60 Å². The van der Waals surface area contributed by atoms with Gasteiger partial charge >= 0.3 is 5.97 Å². The van der Waals surface area contributed by atoms with Crippen LogP contribution >= 0.6 is 0 Å². The Balaban J connectivity index is 2.45. The lowest BCUT2D eigenvalue weighted by atomic mass is 9.96. The Kier molecular flexibility index (Phi) is 3.58. The molecule has 2 atom stereocenters. The monoisotopic (exact) mass is 264 g/mol. The van der Waals surface area contributed by atoms with Crippen LogP contribution in [-0.4, -0.2) is 27.7 Å². The number of ether oxygens (including phenoxy) is 1. The Morgan fingerprint density at radius 2 is 1.95 bits per heavy atom. The van der Waals surface area contributed by atoms with Gasteiger partial charge in [0.2, 0.25) is 0 Å². The van der Waals surface area contributed by atoms with E-state index in [1.54, 1.807) is 6.92 Å². The van der Waals surface area contributed by atoms with Crippen molar-refractivity contribution in [1.29, 1.82) is 0 Å². The lowest BCUT2D eigenvalue weighted by molar-refractivity contribution is -0.138. The van der Waals surface area contributed by atoms with Crippen LogP contribution < -0.4 is 0 Å². The van der Waals surface area contributed by atoms with Gasteiger partial charge in [-0.05, 0) is 40.5 Å². The molecule has 5 nitrogen and oxygen atoms in total. The van der Waals surface area contributed by atoms with Gasteiger partial charge in [-0.15, -0.1) is 0 Å². The van der Waals surface area contributed by atoms with Crippen LogP contribution in [0.2, 0.25) is 0 Å². The third-order valence-electron chi connectivity index (χ3n) is 3.82. The second kappa shape index (κ2) is 4.89. The van der Waals surface area contributed by atoms with Crippen LogP contribution in [0.25, 0.3) is 0 Å².